The van der Waals surface area contributed by atoms with E-state index in [-0.39, 0.29) is 25.6 Å². The number of nitrogens with zero attached hydrogens (tertiary/aromatic N) is 1. The molecule has 0 fully saturated rings. The van der Waals surface area contributed by atoms with Gasteiger partial charge in [0.25, 0.3) is 0 Å². The van der Waals surface area contributed by atoms with E-state index in [9.17, 15) is 19.2 Å². The van der Waals surface area contributed by atoms with Gasteiger partial charge >= 0.3 is 18.0 Å². The van der Waals surface area contributed by atoms with Crippen molar-refractivity contribution in [3.63, 3.8) is 0 Å². The average molecular weight is 600 g/mol. The van der Waals surface area contributed by atoms with Gasteiger partial charge in [-0.15, -0.1) is 0 Å². The van der Waals surface area contributed by atoms with Crippen LogP contribution in [0.4, 0.5) is 4.79 Å². The molecular weight excluding hydrogens is 562 g/mol. The monoisotopic (exact) mass is 599 g/mol. The van der Waals surface area contributed by atoms with E-state index in [1.165, 1.54) is 12.3 Å². The largest absolute Gasteiger partial charge is 0.460 e. The van der Waals surface area contributed by atoms with Crippen molar-refractivity contribution in [2.75, 3.05) is 13.2 Å². The Labute approximate surface area is 256 Å². The fraction of sp³-hybridized carbons (Fsp3) is 0.324. The van der Waals surface area contributed by atoms with Gasteiger partial charge in [-0.25, -0.2) is 9.59 Å². The van der Waals surface area contributed by atoms with Crippen LogP contribution in [-0.4, -0.2) is 53.8 Å². The highest BCUT2D eigenvalue weighted by Crippen LogP contribution is 2.44. The van der Waals surface area contributed by atoms with Crippen LogP contribution < -0.4 is 10.6 Å². The van der Waals surface area contributed by atoms with Gasteiger partial charge in [0.1, 0.15) is 24.9 Å². The summed E-state index contributed by atoms with van der Waals surface area (Å²) in [7, 11) is 0. The van der Waals surface area contributed by atoms with Crippen LogP contribution in [0.15, 0.2) is 85.6 Å². The Kier molecular flexibility index (Phi) is 10.5. The molecule has 0 radical (unpaired) electrons. The number of nitrogens with one attached hydrogen (secondary N) is 2. The highest BCUT2D eigenvalue weighted by molar-refractivity contribution is 5.88. The summed E-state index contributed by atoms with van der Waals surface area (Å²) < 4.78 is 16.1. The maximum atomic E-state index is 13.2. The zero-order valence-corrected chi connectivity index (χ0v) is 25.1. The second kappa shape index (κ2) is 14.5. The maximum absolute atomic E-state index is 13.2. The summed E-state index contributed by atoms with van der Waals surface area (Å²) in [5, 5.41) is 5.22. The van der Waals surface area contributed by atoms with E-state index in [1.807, 2.05) is 48.5 Å². The highest BCUT2D eigenvalue weighted by atomic mass is 16.6. The fourth-order valence-electron chi connectivity index (χ4n) is 5.02. The SMILES string of the molecule is C=CCOC(=O)[C@H](CC(=O)NC(CC(=O)OC(C)(C)C)c1ccccn1)NC(=O)OCC1c2ccccc2-c2ccccc21. The van der Waals surface area contributed by atoms with E-state index in [4.69, 9.17) is 14.2 Å². The molecule has 4 rings (SSSR count). The van der Waals surface area contributed by atoms with E-state index in [1.54, 1.807) is 39.0 Å². The zero-order chi connectivity index (χ0) is 31.7. The molecule has 0 spiro atoms. The summed E-state index contributed by atoms with van der Waals surface area (Å²) in [5.74, 6) is -2.18. The van der Waals surface area contributed by atoms with Crippen LogP contribution in [-0.2, 0) is 28.6 Å². The molecule has 10 heteroatoms. The molecule has 0 saturated carbocycles. The zero-order valence-electron chi connectivity index (χ0n) is 25.1. The molecule has 2 aromatic carbocycles. The molecule has 3 aromatic rings. The van der Waals surface area contributed by atoms with Crippen molar-refractivity contribution in [3.8, 4) is 11.1 Å². The summed E-state index contributed by atoms with van der Waals surface area (Å²) >= 11 is 0. The number of benzene rings is 2. The lowest BCUT2D eigenvalue weighted by Crippen LogP contribution is -2.46. The van der Waals surface area contributed by atoms with Crippen molar-refractivity contribution in [1.82, 2.24) is 15.6 Å². The Morgan fingerprint density at radius 2 is 1.52 bits per heavy atom. The van der Waals surface area contributed by atoms with Gasteiger partial charge < -0.3 is 24.8 Å². The molecule has 1 aliphatic carbocycles. The Morgan fingerprint density at radius 3 is 2.11 bits per heavy atom. The minimum Gasteiger partial charge on any atom is -0.460 e. The molecule has 0 saturated heterocycles. The Bertz CT molecular complexity index is 1450. The molecule has 2 atom stereocenters. The van der Waals surface area contributed by atoms with Crippen LogP contribution >= 0.6 is 0 Å². The summed E-state index contributed by atoms with van der Waals surface area (Å²) in [6.07, 6.45) is 1.37. The van der Waals surface area contributed by atoms with Gasteiger partial charge in [-0.2, -0.15) is 0 Å². The molecule has 0 aliphatic heterocycles. The Balaban J connectivity index is 1.43. The lowest BCUT2D eigenvalue weighted by molar-refractivity contribution is -0.155. The first-order valence-corrected chi connectivity index (χ1v) is 14.4. The third kappa shape index (κ3) is 8.53. The minimum absolute atomic E-state index is 0.0259. The van der Waals surface area contributed by atoms with Crippen molar-refractivity contribution < 1.29 is 33.4 Å². The van der Waals surface area contributed by atoms with E-state index >= 15 is 0 Å². The lowest BCUT2D eigenvalue weighted by atomic mass is 9.98. The first-order valence-electron chi connectivity index (χ1n) is 14.4. The van der Waals surface area contributed by atoms with Gasteiger partial charge in [0.05, 0.1) is 24.6 Å². The number of ether oxygens (including phenoxy) is 3. The smallest absolute Gasteiger partial charge is 0.407 e. The molecule has 44 heavy (non-hydrogen) atoms. The Morgan fingerprint density at radius 1 is 0.886 bits per heavy atom. The predicted octanol–water partition coefficient (Wildman–Crippen LogP) is 5.00. The van der Waals surface area contributed by atoms with Crippen molar-refractivity contribution in [3.05, 3.63) is 102 Å². The number of pyridine rings is 1. The van der Waals surface area contributed by atoms with Gasteiger partial charge in [0.15, 0.2) is 0 Å². The maximum Gasteiger partial charge on any atom is 0.407 e. The minimum atomic E-state index is -1.36. The second-order valence-electron chi connectivity index (χ2n) is 11.3. The molecule has 2 N–H and O–H groups in total. The molecule has 2 amide bonds. The molecule has 0 bridgehead atoms. The lowest BCUT2D eigenvalue weighted by Gasteiger charge is -2.23. The van der Waals surface area contributed by atoms with E-state index in [0.29, 0.717) is 5.69 Å². The van der Waals surface area contributed by atoms with Crippen molar-refractivity contribution >= 4 is 23.9 Å². The van der Waals surface area contributed by atoms with Crippen LogP contribution in [0, 0.1) is 0 Å². The topological polar surface area (TPSA) is 133 Å². The second-order valence-corrected chi connectivity index (χ2v) is 11.3. The molecule has 230 valence electrons. The number of esters is 2. The number of aromatic nitrogens is 1. The fourth-order valence-corrected chi connectivity index (χ4v) is 5.02. The van der Waals surface area contributed by atoms with Crippen LogP contribution in [0.5, 0.6) is 0 Å². The quantitative estimate of drug-likeness (QED) is 0.169. The molecule has 1 aliphatic rings. The molecular formula is C34H37N3O7. The number of rotatable bonds is 12. The number of fused-ring (bicyclic) bond motifs is 3. The summed E-state index contributed by atoms with van der Waals surface area (Å²) in [6, 6.07) is 18.7. The van der Waals surface area contributed by atoms with E-state index in [0.717, 1.165) is 22.3 Å². The van der Waals surface area contributed by atoms with E-state index in [2.05, 4.69) is 22.2 Å². The Hall–Kier alpha value is -4.99. The van der Waals surface area contributed by atoms with Gasteiger partial charge in [-0.05, 0) is 55.2 Å². The number of carbonyl (C=O) groups excluding carboxylic acids is 4. The van der Waals surface area contributed by atoms with Crippen molar-refractivity contribution in [1.29, 1.82) is 0 Å². The third-order valence-corrected chi connectivity index (χ3v) is 6.82. The van der Waals surface area contributed by atoms with Gasteiger partial charge in [-0.3, -0.25) is 14.6 Å². The molecule has 1 heterocycles. The van der Waals surface area contributed by atoms with E-state index < -0.39 is 48.0 Å². The van der Waals surface area contributed by atoms with Crippen LogP contribution in [0.1, 0.15) is 62.4 Å². The highest BCUT2D eigenvalue weighted by Gasteiger charge is 2.32. The number of hydrogen-bond acceptors (Lipinski definition) is 8. The van der Waals surface area contributed by atoms with Crippen molar-refractivity contribution in [2.45, 2.75) is 57.2 Å². The van der Waals surface area contributed by atoms with Crippen molar-refractivity contribution in [2.24, 2.45) is 0 Å². The molecule has 1 unspecified atom stereocenters. The molecule has 1 aromatic heterocycles. The van der Waals surface area contributed by atoms with Crippen LogP contribution in [0.25, 0.3) is 11.1 Å². The van der Waals surface area contributed by atoms with Gasteiger partial charge in [0.2, 0.25) is 5.91 Å². The predicted molar refractivity (Wildman–Crippen MR) is 163 cm³/mol. The number of alkyl carbamates (subject to hydrolysis) is 1. The summed E-state index contributed by atoms with van der Waals surface area (Å²) in [5.41, 5.74) is 3.94. The van der Waals surface area contributed by atoms with Gasteiger partial charge in [0, 0.05) is 12.1 Å². The number of carbonyl (C=O) groups is 4. The molecule has 10 nitrogen and oxygen atoms in total. The standard InChI is InChI=1S/C34H37N3O7/c1-5-18-42-32(40)29(19-30(38)36-28(27-16-10-11-17-35-27)20-31(39)44-34(2,3)4)37-33(41)43-21-26-24-14-8-6-12-22(24)23-13-7-9-15-25(23)26/h5-17,26,28-29H,1,18-21H2,2-4H3,(H,36,38)(H,37,41)/t28?,29-/m0/s1. The normalized spacial score (nSPS) is 13.4. The van der Waals surface area contributed by atoms with Gasteiger partial charge in [-0.1, -0.05) is 67.3 Å². The number of hydrogen-bond donors (Lipinski definition) is 2. The third-order valence-electron chi connectivity index (χ3n) is 6.82. The average Bonchev–Trinajstić information content (AvgIpc) is 3.31. The first kappa shape index (κ1) is 31.9. The number of amides is 2. The summed E-state index contributed by atoms with van der Waals surface area (Å²) in [4.78, 5) is 55.8. The van der Waals surface area contributed by atoms with Crippen LogP contribution in [0.3, 0.4) is 0 Å². The first-order chi connectivity index (χ1) is 21.1. The summed E-state index contributed by atoms with van der Waals surface area (Å²) in [6.45, 7) is 8.68. The van der Waals surface area contributed by atoms with Crippen LogP contribution in [0.2, 0.25) is 0 Å².